The summed E-state index contributed by atoms with van der Waals surface area (Å²) in [5.74, 6) is 0.599. The maximum Gasteiger partial charge on any atom is 0.152 e. The third kappa shape index (κ3) is 3.96. The zero-order valence-corrected chi connectivity index (χ0v) is 12.8. The minimum atomic E-state index is -2.85. The first-order valence-corrected chi connectivity index (χ1v) is 8.66. The van der Waals surface area contributed by atoms with E-state index in [1.807, 2.05) is 12.1 Å². The molecule has 4 heteroatoms. The molecule has 1 fully saturated rings. The van der Waals surface area contributed by atoms with Gasteiger partial charge in [-0.1, -0.05) is 32.9 Å². The summed E-state index contributed by atoms with van der Waals surface area (Å²) in [6.07, 6.45) is 1.69. The second kappa shape index (κ2) is 5.16. The highest BCUT2D eigenvalue weighted by atomic mass is 32.2. The third-order valence-electron chi connectivity index (χ3n) is 3.58. The Morgan fingerprint density at radius 2 is 1.79 bits per heavy atom. The van der Waals surface area contributed by atoms with Crippen LogP contribution in [0.5, 0.6) is 0 Å². The van der Waals surface area contributed by atoms with Crippen LogP contribution >= 0.6 is 0 Å². The molecule has 1 atom stereocenters. The molecule has 0 bridgehead atoms. The van der Waals surface area contributed by atoms with Crippen molar-refractivity contribution in [1.82, 2.24) is 0 Å². The van der Waals surface area contributed by atoms with Crippen LogP contribution in [0.3, 0.4) is 0 Å². The third-order valence-corrected chi connectivity index (χ3v) is 5.41. The van der Waals surface area contributed by atoms with Crippen LogP contribution in [0.15, 0.2) is 24.3 Å². The normalized spacial score (nSPS) is 23.0. The first-order valence-electron chi connectivity index (χ1n) is 6.84. The highest BCUT2D eigenvalue weighted by Crippen LogP contribution is 2.24. The lowest BCUT2D eigenvalue weighted by Gasteiger charge is -2.25. The lowest BCUT2D eigenvalue weighted by molar-refractivity contribution is 0.562. The number of sulfone groups is 1. The van der Waals surface area contributed by atoms with E-state index in [-0.39, 0.29) is 17.2 Å². The van der Waals surface area contributed by atoms with Gasteiger partial charge in [-0.3, -0.25) is 0 Å². The Balaban J connectivity index is 2.04. The lowest BCUT2D eigenvalue weighted by atomic mass is 9.87. The predicted molar refractivity (Wildman–Crippen MR) is 80.4 cm³/mol. The fourth-order valence-corrected chi connectivity index (χ4v) is 4.08. The minimum Gasteiger partial charge on any atom is -0.381 e. The van der Waals surface area contributed by atoms with Crippen LogP contribution in [0.4, 0.5) is 5.69 Å². The van der Waals surface area contributed by atoms with Crippen molar-refractivity contribution in [1.29, 1.82) is 0 Å². The van der Waals surface area contributed by atoms with E-state index in [9.17, 15) is 8.42 Å². The van der Waals surface area contributed by atoms with Crippen molar-refractivity contribution in [2.75, 3.05) is 16.8 Å². The molecule has 1 N–H and O–H groups in total. The first-order chi connectivity index (χ1) is 8.76. The van der Waals surface area contributed by atoms with Gasteiger partial charge in [-0.2, -0.15) is 0 Å². The monoisotopic (exact) mass is 281 g/mol. The molecule has 1 aromatic carbocycles. The van der Waals surface area contributed by atoms with Crippen molar-refractivity contribution in [3.05, 3.63) is 29.8 Å². The molecule has 106 valence electrons. The van der Waals surface area contributed by atoms with Gasteiger partial charge in [0.25, 0.3) is 0 Å². The molecule has 1 heterocycles. The van der Waals surface area contributed by atoms with E-state index in [0.717, 1.165) is 18.5 Å². The van der Waals surface area contributed by atoms with Crippen molar-refractivity contribution in [3.63, 3.8) is 0 Å². The number of anilines is 1. The second-order valence-corrected chi connectivity index (χ2v) is 8.65. The standard InChI is InChI=1S/C15H23NO2S/c1-15(2,3)12-6-8-13(9-7-12)16-14-5-4-10-19(17,18)11-14/h6-9,14,16H,4-5,10-11H2,1-3H3. The lowest BCUT2D eigenvalue weighted by Crippen LogP contribution is -2.34. The number of rotatable bonds is 2. The maximum atomic E-state index is 11.6. The van der Waals surface area contributed by atoms with Crippen molar-refractivity contribution in [2.24, 2.45) is 0 Å². The zero-order chi connectivity index (χ0) is 14.1. The van der Waals surface area contributed by atoms with Gasteiger partial charge in [0, 0.05) is 11.7 Å². The fraction of sp³-hybridized carbons (Fsp3) is 0.600. The van der Waals surface area contributed by atoms with E-state index in [0.29, 0.717) is 5.75 Å². The Kier molecular flexibility index (Phi) is 3.90. The minimum absolute atomic E-state index is 0.0548. The van der Waals surface area contributed by atoms with Crippen LogP contribution in [0.25, 0.3) is 0 Å². The van der Waals surface area contributed by atoms with Crippen molar-refractivity contribution in [3.8, 4) is 0 Å². The number of benzene rings is 1. The average molecular weight is 281 g/mol. The summed E-state index contributed by atoms with van der Waals surface area (Å²) in [6, 6.07) is 8.36. The van der Waals surface area contributed by atoms with Gasteiger partial charge < -0.3 is 5.32 Å². The van der Waals surface area contributed by atoms with E-state index in [4.69, 9.17) is 0 Å². The quantitative estimate of drug-likeness (QED) is 0.906. The molecular weight excluding hydrogens is 258 g/mol. The summed E-state index contributed by atoms with van der Waals surface area (Å²) in [5, 5.41) is 3.34. The summed E-state index contributed by atoms with van der Waals surface area (Å²) in [5.41, 5.74) is 2.44. The van der Waals surface area contributed by atoms with Gasteiger partial charge in [-0.25, -0.2) is 8.42 Å². The molecule has 19 heavy (non-hydrogen) atoms. The Bertz CT molecular complexity index is 526. The van der Waals surface area contributed by atoms with Crippen molar-refractivity contribution in [2.45, 2.75) is 45.1 Å². The molecule has 0 aliphatic carbocycles. The average Bonchev–Trinajstić information content (AvgIpc) is 2.27. The molecule has 1 aromatic rings. The molecule has 0 amide bonds. The van der Waals surface area contributed by atoms with E-state index in [2.05, 4.69) is 38.2 Å². The Morgan fingerprint density at radius 1 is 1.16 bits per heavy atom. The molecule has 1 aliphatic heterocycles. The highest BCUT2D eigenvalue weighted by molar-refractivity contribution is 7.91. The summed E-state index contributed by atoms with van der Waals surface area (Å²) >= 11 is 0. The number of nitrogens with one attached hydrogen (secondary N) is 1. The number of hydrogen-bond donors (Lipinski definition) is 1. The molecule has 1 aliphatic rings. The van der Waals surface area contributed by atoms with Gasteiger partial charge >= 0.3 is 0 Å². The largest absolute Gasteiger partial charge is 0.381 e. The van der Waals surface area contributed by atoms with E-state index < -0.39 is 9.84 Å². The Hall–Kier alpha value is -1.03. The predicted octanol–water partition coefficient (Wildman–Crippen LogP) is 2.97. The van der Waals surface area contributed by atoms with Crippen LogP contribution in [-0.4, -0.2) is 26.0 Å². The molecule has 0 radical (unpaired) electrons. The molecule has 1 unspecified atom stereocenters. The van der Waals surface area contributed by atoms with Gasteiger partial charge in [-0.15, -0.1) is 0 Å². The Labute approximate surface area is 116 Å². The van der Waals surface area contributed by atoms with Gasteiger partial charge in [0.15, 0.2) is 9.84 Å². The van der Waals surface area contributed by atoms with Crippen LogP contribution < -0.4 is 5.32 Å². The molecule has 1 saturated heterocycles. The molecular formula is C15H23NO2S. The molecule has 3 nitrogen and oxygen atoms in total. The Morgan fingerprint density at radius 3 is 2.32 bits per heavy atom. The van der Waals surface area contributed by atoms with Gasteiger partial charge in [0.05, 0.1) is 11.5 Å². The van der Waals surface area contributed by atoms with Crippen LogP contribution in [0.2, 0.25) is 0 Å². The SMILES string of the molecule is CC(C)(C)c1ccc(NC2CCCS(=O)(=O)C2)cc1. The van der Waals surface area contributed by atoms with E-state index in [1.54, 1.807) is 0 Å². The van der Waals surface area contributed by atoms with Gasteiger partial charge in [0.2, 0.25) is 0 Å². The molecule has 2 rings (SSSR count). The topological polar surface area (TPSA) is 46.2 Å². The van der Waals surface area contributed by atoms with Crippen LogP contribution in [-0.2, 0) is 15.3 Å². The van der Waals surface area contributed by atoms with E-state index in [1.165, 1.54) is 5.56 Å². The fourth-order valence-electron chi connectivity index (χ4n) is 2.44. The summed E-state index contributed by atoms with van der Waals surface area (Å²) < 4.78 is 23.2. The van der Waals surface area contributed by atoms with Crippen molar-refractivity contribution >= 4 is 15.5 Å². The highest BCUT2D eigenvalue weighted by Gasteiger charge is 2.24. The first kappa shape index (κ1) is 14.4. The van der Waals surface area contributed by atoms with Crippen LogP contribution in [0.1, 0.15) is 39.2 Å². The second-order valence-electron chi connectivity index (χ2n) is 6.43. The van der Waals surface area contributed by atoms with Gasteiger partial charge in [-0.05, 0) is 36.0 Å². The summed E-state index contributed by atoms with van der Waals surface area (Å²) in [6.45, 7) is 6.55. The summed E-state index contributed by atoms with van der Waals surface area (Å²) in [4.78, 5) is 0. The molecule has 0 spiro atoms. The number of hydrogen-bond acceptors (Lipinski definition) is 3. The summed E-state index contributed by atoms with van der Waals surface area (Å²) in [7, 11) is -2.85. The molecule has 0 saturated carbocycles. The maximum absolute atomic E-state index is 11.6. The molecule has 0 aromatic heterocycles. The van der Waals surface area contributed by atoms with Crippen molar-refractivity contribution < 1.29 is 8.42 Å². The van der Waals surface area contributed by atoms with Gasteiger partial charge in [0.1, 0.15) is 0 Å². The smallest absolute Gasteiger partial charge is 0.152 e. The van der Waals surface area contributed by atoms with Crippen LogP contribution in [0, 0.1) is 0 Å². The zero-order valence-electron chi connectivity index (χ0n) is 11.9. The van der Waals surface area contributed by atoms with E-state index >= 15 is 0 Å².